The van der Waals surface area contributed by atoms with Gasteiger partial charge in [-0.1, -0.05) is 0 Å². The fraction of sp³-hybridized carbons (Fsp3) is 0.423. The van der Waals surface area contributed by atoms with E-state index >= 15 is 0 Å². The van der Waals surface area contributed by atoms with Gasteiger partial charge < -0.3 is 4.74 Å². The highest BCUT2D eigenvalue weighted by atomic mass is 19.4. The maximum atomic E-state index is 14.2. The Hall–Kier alpha value is -3.61. The molecule has 0 radical (unpaired) electrons. The number of ether oxygens (including phenoxy) is 1. The van der Waals surface area contributed by atoms with Crippen molar-refractivity contribution in [1.29, 1.82) is 0 Å². The molecule has 0 N–H and O–H groups in total. The van der Waals surface area contributed by atoms with Gasteiger partial charge in [-0.25, -0.2) is 33.1 Å². The molecule has 2 fully saturated rings. The Morgan fingerprint density at radius 1 is 1.00 bits per heavy atom. The second-order valence-corrected chi connectivity index (χ2v) is 9.12. The van der Waals surface area contributed by atoms with Gasteiger partial charge in [-0.3, -0.25) is 4.68 Å². The Labute approximate surface area is 220 Å². The van der Waals surface area contributed by atoms with Crippen LogP contribution in [0.4, 0.5) is 26.3 Å². The highest BCUT2D eigenvalue weighted by Gasteiger charge is 2.58. The smallest absolute Gasteiger partial charge is 0.381 e. The molecule has 0 bridgehead atoms. The van der Waals surface area contributed by atoms with Crippen LogP contribution in [0.15, 0.2) is 43.0 Å². The summed E-state index contributed by atoms with van der Waals surface area (Å²) in [6.45, 7) is 5.48. The van der Waals surface area contributed by atoms with E-state index in [9.17, 15) is 26.3 Å². The van der Waals surface area contributed by atoms with Crippen LogP contribution in [0.1, 0.15) is 48.7 Å². The maximum Gasteiger partial charge on any atom is 0.416 e. The first-order valence-corrected chi connectivity index (χ1v) is 12.2. The molecule has 1 saturated heterocycles. The SMILES string of the molecule is C1CCOCC1.Cc1nc2ncnc(-c3ccc(C(F)(F)F)cc3F)c2nc1C.FC1(F)CC1n1cccn1. The van der Waals surface area contributed by atoms with Crippen LogP contribution in [0.5, 0.6) is 0 Å². The van der Waals surface area contributed by atoms with Crippen LogP contribution in [0, 0.1) is 19.7 Å². The molecule has 3 aromatic heterocycles. The number of alkyl halides is 5. The van der Waals surface area contributed by atoms with Crippen molar-refractivity contribution in [2.75, 3.05) is 13.2 Å². The van der Waals surface area contributed by atoms with Crippen molar-refractivity contribution in [3.63, 3.8) is 0 Å². The molecule has 4 heterocycles. The predicted molar refractivity (Wildman–Crippen MR) is 130 cm³/mol. The first kappa shape index (κ1) is 28.4. The number of benzene rings is 1. The van der Waals surface area contributed by atoms with E-state index in [1.54, 1.807) is 26.1 Å². The monoisotopic (exact) mass is 552 g/mol. The Morgan fingerprint density at radius 2 is 1.69 bits per heavy atom. The van der Waals surface area contributed by atoms with Gasteiger partial charge in [-0.05, 0) is 57.4 Å². The van der Waals surface area contributed by atoms with Crippen molar-refractivity contribution in [3.05, 3.63) is 65.8 Å². The van der Waals surface area contributed by atoms with Crippen molar-refractivity contribution in [2.45, 2.75) is 57.7 Å². The van der Waals surface area contributed by atoms with Gasteiger partial charge in [0.1, 0.15) is 29.4 Å². The van der Waals surface area contributed by atoms with Crippen LogP contribution < -0.4 is 0 Å². The Balaban J connectivity index is 0.000000178. The number of nitrogens with zero attached hydrogens (tertiary/aromatic N) is 6. The fourth-order valence-corrected chi connectivity index (χ4v) is 3.76. The number of hydrogen-bond acceptors (Lipinski definition) is 6. The number of halogens is 6. The lowest BCUT2D eigenvalue weighted by Crippen LogP contribution is -2.06. The van der Waals surface area contributed by atoms with Gasteiger partial charge in [-0.15, -0.1) is 0 Å². The molecule has 1 atom stereocenters. The average molecular weight is 553 g/mol. The number of fused-ring (bicyclic) bond motifs is 1. The summed E-state index contributed by atoms with van der Waals surface area (Å²) in [6, 6.07) is 3.26. The molecule has 13 heteroatoms. The summed E-state index contributed by atoms with van der Waals surface area (Å²) in [7, 11) is 0. The molecule has 7 nitrogen and oxygen atoms in total. The molecule has 39 heavy (non-hydrogen) atoms. The third-order valence-electron chi connectivity index (χ3n) is 6.15. The molecule has 1 saturated carbocycles. The van der Waals surface area contributed by atoms with E-state index < -0.39 is 29.5 Å². The largest absolute Gasteiger partial charge is 0.416 e. The minimum absolute atomic E-state index is 0.0608. The third kappa shape index (κ3) is 7.08. The molecule has 1 aromatic carbocycles. The molecule has 208 valence electrons. The molecule has 1 unspecified atom stereocenters. The zero-order chi connectivity index (χ0) is 28.2. The van der Waals surface area contributed by atoms with E-state index in [0.29, 0.717) is 17.5 Å². The van der Waals surface area contributed by atoms with Crippen molar-refractivity contribution in [1.82, 2.24) is 29.7 Å². The maximum absolute atomic E-state index is 14.2. The summed E-state index contributed by atoms with van der Waals surface area (Å²) >= 11 is 0. The van der Waals surface area contributed by atoms with Crippen LogP contribution in [-0.2, 0) is 10.9 Å². The standard InChI is InChI=1S/C15H10F4N4.C6H6F2N2.C5H10O/c1-7-8(2)23-14-13(22-7)12(20-6-21-14)10-4-3-9(5-11(10)16)15(17,18)19;7-6(8)4-5(6)10-3-1-2-9-10;1-2-4-6-5-3-1/h3-6H,1-2H3;1-3,5H,4H2;1-5H2. The second-order valence-electron chi connectivity index (χ2n) is 9.12. The summed E-state index contributed by atoms with van der Waals surface area (Å²) in [5.41, 5.74) is 0.748. The molecule has 0 amide bonds. The van der Waals surface area contributed by atoms with Gasteiger partial charge in [-0.2, -0.15) is 18.3 Å². The average Bonchev–Trinajstić information content (AvgIpc) is 3.26. The Morgan fingerprint density at radius 3 is 2.21 bits per heavy atom. The van der Waals surface area contributed by atoms with Crippen molar-refractivity contribution in [3.8, 4) is 11.3 Å². The summed E-state index contributed by atoms with van der Waals surface area (Å²) in [5, 5.41) is 3.71. The summed E-state index contributed by atoms with van der Waals surface area (Å²) in [5.74, 6) is -3.54. The molecule has 2 aliphatic rings. The molecule has 4 aromatic rings. The highest BCUT2D eigenvalue weighted by Crippen LogP contribution is 2.51. The van der Waals surface area contributed by atoms with Gasteiger partial charge in [0.15, 0.2) is 5.65 Å². The number of rotatable bonds is 2. The summed E-state index contributed by atoms with van der Waals surface area (Å²) in [4.78, 5) is 16.5. The second kappa shape index (κ2) is 11.6. The molecular formula is C26H26F6N6O. The normalized spacial score (nSPS) is 18.0. The number of hydrogen-bond donors (Lipinski definition) is 0. The Bertz CT molecular complexity index is 1390. The van der Waals surface area contributed by atoms with Gasteiger partial charge >= 0.3 is 6.18 Å². The third-order valence-corrected chi connectivity index (χ3v) is 6.15. The zero-order valence-corrected chi connectivity index (χ0v) is 21.2. The lowest BCUT2D eigenvalue weighted by Gasteiger charge is -2.10. The summed E-state index contributed by atoms with van der Waals surface area (Å²) in [6.07, 6.45) is 3.51. The van der Waals surface area contributed by atoms with Gasteiger partial charge in [0.2, 0.25) is 0 Å². The highest BCUT2D eigenvalue weighted by molar-refractivity contribution is 5.86. The van der Waals surface area contributed by atoms with Gasteiger partial charge in [0.05, 0.1) is 17.0 Å². The molecule has 6 rings (SSSR count). The molecule has 1 aliphatic heterocycles. The topological polar surface area (TPSA) is 78.6 Å². The van der Waals surface area contributed by atoms with E-state index in [4.69, 9.17) is 4.74 Å². The van der Waals surface area contributed by atoms with E-state index in [0.717, 1.165) is 25.3 Å². The van der Waals surface area contributed by atoms with E-state index in [1.165, 1.54) is 36.5 Å². The fourth-order valence-electron chi connectivity index (χ4n) is 3.76. The lowest BCUT2D eigenvalue weighted by molar-refractivity contribution is -0.137. The first-order valence-electron chi connectivity index (χ1n) is 12.2. The van der Waals surface area contributed by atoms with Crippen molar-refractivity contribution < 1.29 is 31.1 Å². The predicted octanol–water partition coefficient (Wildman–Crippen LogP) is 6.51. The first-order chi connectivity index (χ1) is 18.5. The van der Waals surface area contributed by atoms with Crippen LogP contribution in [0.2, 0.25) is 0 Å². The summed E-state index contributed by atoms with van der Waals surface area (Å²) < 4.78 is 83.1. The van der Waals surface area contributed by atoms with Crippen LogP contribution >= 0.6 is 0 Å². The van der Waals surface area contributed by atoms with E-state index in [2.05, 4.69) is 25.0 Å². The molecular weight excluding hydrogens is 526 g/mol. The van der Waals surface area contributed by atoms with Gasteiger partial charge in [0.25, 0.3) is 5.92 Å². The van der Waals surface area contributed by atoms with Crippen molar-refractivity contribution >= 4 is 11.2 Å². The lowest BCUT2D eigenvalue weighted by atomic mass is 10.1. The van der Waals surface area contributed by atoms with E-state index in [-0.39, 0.29) is 28.8 Å². The van der Waals surface area contributed by atoms with Gasteiger partial charge in [0, 0.05) is 37.6 Å². The van der Waals surface area contributed by atoms with Crippen LogP contribution in [-0.4, -0.2) is 48.9 Å². The molecule has 1 aliphatic carbocycles. The van der Waals surface area contributed by atoms with E-state index in [1.807, 2.05) is 0 Å². The number of aryl methyl sites for hydroxylation is 2. The minimum atomic E-state index is -4.61. The quantitative estimate of drug-likeness (QED) is 0.264. The Kier molecular flexibility index (Phi) is 8.48. The van der Waals surface area contributed by atoms with Crippen molar-refractivity contribution in [2.24, 2.45) is 0 Å². The zero-order valence-electron chi connectivity index (χ0n) is 21.2. The molecule has 0 spiro atoms. The van der Waals surface area contributed by atoms with Crippen LogP contribution in [0.3, 0.4) is 0 Å². The number of aromatic nitrogens is 6. The van der Waals surface area contributed by atoms with Crippen LogP contribution in [0.25, 0.3) is 22.4 Å². The minimum Gasteiger partial charge on any atom is -0.381 e.